The molecule has 0 fully saturated rings. The summed E-state index contributed by atoms with van der Waals surface area (Å²) in [6.45, 7) is -0.432. The van der Waals surface area contributed by atoms with Crippen molar-refractivity contribution in [2.75, 3.05) is 0 Å². The number of amides is 2. The van der Waals surface area contributed by atoms with Crippen LogP contribution in [-0.2, 0) is 12.7 Å². The van der Waals surface area contributed by atoms with Gasteiger partial charge in [0.25, 0.3) is 11.8 Å². The van der Waals surface area contributed by atoms with Gasteiger partial charge in [0, 0.05) is 16.5 Å². The SMILES string of the molecule is O=C1c2cccc3cccc(c23)C(=O)N1Cc1ccccc1C(F)(F)F. The highest BCUT2D eigenvalue weighted by Crippen LogP contribution is 2.35. The summed E-state index contributed by atoms with van der Waals surface area (Å²) in [5.74, 6) is -1.17. The van der Waals surface area contributed by atoms with E-state index in [-0.39, 0.29) is 5.56 Å². The minimum atomic E-state index is -4.56. The van der Waals surface area contributed by atoms with E-state index in [1.807, 2.05) is 0 Å². The smallest absolute Gasteiger partial charge is 0.270 e. The molecule has 3 aromatic carbocycles. The molecular formula is C20H12F3NO2. The molecule has 0 spiro atoms. The van der Waals surface area contributed by atoms with Gasteiger partial charge in [0.2, 0.25) is 0 Å². The van der Waals surface area contributed by atoms with E-state index in [2.05, 4.69) is 0 Å². The van der Waals surface area contributed by atoms with Crippen molar-refractivity contribution >= 4 is 22.6 Å². The van der Waals surface area contributed by atoms with E-state index in [1.165, 1.54) is 18.2 Å². The molecule has 3 nitrogen and oxygen atoms in total. The lowest BCUT2D eigenvalue weighted by molar-refractivity contribution is -0.138. The Labute approximate surface area is 146 Å². The molecule has 0 bridgehead atoms. The van der Waals surface area contributed by atoms with Gasteiger partial charge in [-0.15, -0.1) is 0 Å². The second kappa shape index (κ2) is 5.69. The van der Waals surface area contributed by atoms with Crippen molar-refractivity contribution in [3.05, 3.63) is 82.9 Å². The van der Waals surface area contributed by atoms with Gasteiger partial charge in [0.1, 0.15) is 0 Å². The molecule has 3 aromatic rings. The second-order valence-electron chi connectivity index (χ2n) is 6.06. The van der Waals surface area contributed by atoms with Crippen LogP contribution in [0.3, 0.4) is 0 Å². The van der Waals surface area contributed by atoms with Crippen LogP contribution in [0.4, 0.5) is 13.2 Å². The number of carbonyl (C=O) groups excluding carboxylic acids is 2. The molecule has 0 aliphatic carbocycles. The Kier molecular flexibility index (Phi) is 3.57. The fraction of sp³-hybridized carbons (Fsp3) is 0.100. The molecule has 2 amide bonds. The molecule has 0 radical (unpaired) electrons. The molecule has 0 saturated heterocycles. The average molecular weight is 355 g/mol. The predicted molar refractivity (Wildman–Crippen MR) is 89.6 cm³/mol. The van der Waals surface area contributed by atoms with E-state index in [4.69, 9.17) is 0 Å². The number of rotatable bonds is 2. The molecule has 26 heavy (non-hydrogen) atoms. The highest BCUT2D eigenvalue weighted by atomic mass is 19.4. The van der Waals surface area contributed by atoms with Crippen LogP contribution >= 0.6 is 0 Å². The van der Waals surface area contributed by atoms with Crippen LogP contribution in [0.5, 0.6) is 0 Å². The highest BCUT2D eigenvalue weighted by Gasteiger charge is 2.37. The fourth-order valence-electron chi connectivity index (χ4n) is 3.33. The highest BCUT2D eigenvalue weighted by molar-refractivity contribution is 6.25. The lowest BCUT2D eigenvalue weighted by Gasteiger charge is -2.28. The first kappa shape index (κ1) is 16.3. The lowest BCUT2D eigenvalue weighted by atomic mass is 9.93. The number of halogens is 3. The number of alkyl halides is 3. The van der Waals surface area contributed by atoms with Crippen molar-refractivity contribution < 1.29 is 22.8 Å². The predicted octanol–water partition coefficient (Wildman–Crippen LogP) is 4.65. The minimum Gasteiger partial charge on any atom is -0.270 e. The van der Waals surface area contributed by atoms with Gasteiger partial charge in [-0.2, -0.15) is 13.2 Å². The first-order chi connectivity index (χ1) is 12.4. The monoisotopic (exact) mass is 355 g/mol. The van der Waals surface area contributed by atoms with E-state index >= 15 is 0 Å². The molecule has 0 unspecified atom stereocenters. The van der Waals surface area contributed by atoms with Crippen LogP contribution in [0, 0.1) is 0 Å². The Morgan fingerprint density at radius 1 is 0.769 bits per heavy atom. The van der Waals surface area contributed by atoms with Crippen LogP contribution in [0.2, 0.25) is 0 Å². The lowest BCUT2D eigenvalue weighted by Crippen LogP contribution is -2.40. The van der Waals surface area contributed by atoms with Crippen molar-refractivity contribution in [1.82, 2.24) is 4.90 Å². The summed E-state index contributed by atoms with van der Waals surface area (Å²) in [5.41, 5.74) is -0.324. The van der Waals surface area contributed by atoms with E-state index < -0.39 is 30.1 Å². The minimum absolute atomic E-state index is 0.117. The molecule has 0 N–H and O–H groups in total. The van der Waals surface area contributed by atoms with E-state index in [1.54, 1.807) is 36.4 Å². The quantitative estimate of drug-likeness (QED) is 0.627. The van der Waals surface area contributed by atoms with Gasteiger partial charge in [0.05, 0.1) is 12.1 Å². The summed E-state index contributed by atoms with van der Waals surface area (Å²) in [6.07, 6.45) is -4.56. The van der Waals surface area contributed by atoms with E-state index in [9.17, 15) is 22.8 Å². The van der Waals surface area contributed by atoms with Crippen LogP contribution in [0.25, 0.3) is 10.8 Å². The van der Waals surface area contributed by atoms with Gasteiger partial charge in [0.15, 0.2) is 0 Å². The molecule has 4 rings (SSSR count). The Morgan fingerprint density at radius 2 is 1.35 bits per heavy atom. The van der Waals surface area contributed by atoms with Crippen molar-refractivity contribution in [3.8, 4) is 0 Å². The second-order valence-corrected chi connectivity index (χ2v) is 6.06. The standard InChI is InChI=1S/C20H12F3NO2/c21-20(22,23)16-10-2-1-5-13(16)11-24-18(25)14-8-3-6-12-7-4-9-15(17(12)14)19(24)26/h1-10H,11H2. The maximum Gasteiger partial charge on any atom is 0.416 e. The molecule has 1 aliphatic heterocycles. The zero-order chi connectivity index (χ0) is 18.5. The van der Waals surface area contributed by atoms with Gasteiger partial charge in [-0.05, 0) is 29.1 Å². The molecule has 0 aromatic heterocycles. The summed E-state index contributed by atoms with van der Waals surface area (Å²) >= 11 is 0. The molecular weight excluding hydrogens is 343 g/mol. The van der Waals surface area contributed by atoms with E-state index in [0.29, 0.717) is 16.5 Å². The Balaban J connectivity index is 1.81. The Hall–Kier alpha value is -3.15. The Morgan fingerprint density at radius 3 is 1.92 bits per heavy atom. The zero-order valence-electron chi connectivity index (χ0n) is 13.4. The molecule has 130 valence electrons. The third kappa shape index (κ3) is 2.45. The summed E-state index contributed by atoms with van der Waals surface area (Å²) in [6, 6.07) is 15.1. The van der Waals surface area contributed by atoms with Crippen LogP contribution < -0.4 is 0 Å². The number of carbonyl (C=O) groups is 2. The van der Waals surface area contributed by atoms with Crippen molar-refractivity contribution in [2.45, 2.75) is 12.7 Å². The van der Waals surface area contributed by atoms with Gasteiger partial charge in [-0.1, -0.05) is 42.5 Å². The largest absolute Gasteiger partial charge is 0.416 e. The zero-order valence-corrected chi connectivity index (χ0v) is 13.4. The third-order valence-electron chi connectivity index (χ3n) is 4.51. The van der Waals surface area contributed by atoms with Crippen LogP contribution in [0.15, 0.2) is 60.7 Å². The molecule has 1 aliphatic rings. The maximum absolute atomic E-state index is 13.2. The van der Waals surface area contributed by atoms with Gasteiger partial charge in [-0.3, -0.25) is 14.5 Å². The van der Waals surface area contributed by atoms with Gasteiger partial charge < -0.3 is 0 Å². The van der Waals surface area contributed by atoms with Crippen LogP contribution in [0.1, 0.15) is 31.8 Å². The van der Waals surface area contributed by atoms with Gasteiger partial charge >= 0.3 is 6.18 Å². The molecule has 6 heteroatoms. The fourth-order valence-corrected chi connectivity index (χ4v) is 3.33. The summed E-state index contributed by atoms with van der Waals surface area (Å²) in [5, 5.41) is 1.29. The average Bonchev–Trinajstić information content (AvgIpc) is 2.62. The van der Waals surface area contributed by atoms with Crippen LogP contribution in [-0.4, -0.2) is 16.7 Å². The Bertz CT molecular complexity index is 1010. The summed E-state index contributed by atoms with van der Waals surface area (Å²) in [7, 11) is 0. The number of hydrogen-bond donors (Lipinski definition) is 0. The van der Waals surface area contributed by atoms with E-state index in [0.717, 1.165) is 16.4 Å². The first-order valence-electron chi connectivity index (χ1n) is 7.91. The van der Waals surface area contributed by atoms with Crippen molar-refractivity contribution in [3.63, 3.8) is 0 Å². The van der Waals surface area contributed by atoms with Crippen molar-refractivity contribution in [1.29, 1.82) is 0 Å². The molecule has 0 saturated carbocycles. The number of hydrogen-bond acceptors (Lipinski definition) is 2. The topological polar surface area (TPSA) is 37.4 Å². The maximum atomic E-state index is 13.2. The number of benzene rings is 3. The number of nitrogens with zero attached hydrogens (tertiary/aromatic N) is 1. The molecule has 1 heterocycles. The summed E-state index contributed by atoms with van der Waals surface area (Å²) < 4.78 is 39.7. The summed E-state index contributed by atoms with van der Waals surface area (Å²) in [4.78, 5) is 26.5. The third-order valence-corrected chi connectivity index (χ3v) is 4.51. The molecule has 0 atom stereocenters. The number of imide groups is 1. The first-order valence-corrected chi connectivity index (χ1v) is 7.91. The van der Waals surface area contributed by atoms with Gasteiger partial charge in [-0.25, -0.2) is 0 Å². The van der Waals surface area contributed by atoms with Crippen molar-refractivity contribution in [2.24, 2.45) is 0 Å². The normalized spacial score (nSPS) is 14.2.